The van der Waals surface area contributed by atoms with E-state index in [4.69, 9.17) is 9.47 Å². The highest BCUT2D eigenvalue weighted by molar-refractivity contribution is 5.96. The van der Waals surface area contributed by atoms with Gasteiger partial charge in [0.25, 0.3) is 0 Å². The molecule has 4 rings (SSSR count). The molecule has 1 aliphatic heterocycles. The van der Waals surface area contributed by atoms with Crippen LogP contribution in [-0.4, -0.2) is 31.8 Å². The van der Waals surface area contributed by atoms with Gasteiger partial charge in [-0.15, -0.1) is 0 Å². The van der Waals surface area contributed by atoms with Crippen LogP contribution in [0.1, 0.15) is 12.8 Å². The molecule has 0 bridgehead atoms. The molecule has 1 unspecified atom stereocenters. The van der Waals surface area contributed by atoms with Gasteiger partial charge in [-0.05, 0) is 47.9 Å². The van der Waals surface area contributed by atoms with E-state index in [1.54, 1.807) is 0 Å². The van der Waals surface area contributed by atoms with Crippen molar-refractivity contribution < 1.29 is 14.3 Å². The van der Waals surface area contributed by atoms with Crippen molar-refractivity contribution in [2.75, 3.05) is 30.4 Å². The van der Waals surface area contributed by atoms with Crippen LogP contribution in [0.4, 0.5) is 11.4 Å². The third-order valence-electron chi connectivity index (χ3n) is 4.78. The summed E-state index contributed by atoms with van der Waals surface area (Å²) in [5.74, 6) is 0.677. The fourth-order valence-electron chi connectivity index (χ4n) is 3.32. The van der Waals surface area contributed by atoms with Crippen LogP contribution in [0.25, 0.3) is 10.8 Å². The molecular weight excluding hydrogens is 352 g/mol. The van der Waals surface area contributed by atoms with Gasteiger partial charge in [0.15, 0.2) is 0 Å². The Bertz CT molecular complexity index is 951. The standard InChI is InChI=1S/C23H24N2O3/c26-23(25-20-11-10-17-5-1-2-6-18(17)13-20)15-24-19-7-3-8-21(14-19)28-16-22-9-4-12-27-22/h1-3,5-8,10-11,13-14,22,24H,4,9,12,15-16H2,(H,25,26). The van der Waals surface area contributed by atoms with Crippen LogP contribution in [0.15, 0.2) is 66.7 Å². The van der Waals surface area contributed by atoms with Gasteiger partial charge in [0, 0.05) is 24.0 Å². The second kappa shape index (κ2) is 8.76. The van der Waals surface area contributed by atoms with Gasteiger partial charge in [-0.25, -0.2) is 0 Å². The SMILES string of the molecule is O=C(CNc1cccc(OCC2CCCO2)c1)Nc1ccc2ccccc2c1. The lowest BCUT2D eigenvalue weighted by atomic mass is 10.1. The summed E-state index contributed by atoms with van der Waals surface area (Å²) in [6.07, 6.45) is 2.33. The number of anilines is 2. The molecule has 3 aromatic rings. The number of hydrogen-bond acceptors (Lipinski definition) is 4. The van der Waals surface area contributed by atoms with Gasteiger partial charge < -0.3 is 20.1 Å². The van der Waals surface area contributed by atoms with E-state index in [-0.39, 0.29) is 18.6 Å². The summed E-state index contributed by atoms with van der Waals surface area (Å²) >= 11 is 0. The molecule has 1 amide bonds. The molecule has 1 atom stereocenters. The summed E-state index contributed by atoms with van der Waals surface area (Å²) in [5, 5.41) is 8.33. The molecule has 2 N–H and O–H groups in total. The van der Waals surface area contributed by atoms with Crippen molar-refractivity contribution in [3.05, 3.63) is 66.7 Å². The van der Waals surface area contributed by atoms with E-state index < -0.39 is 0 Å². The number of hydrogen-bond donors (Lipinski definition) is 2. The Morgan fingerprint density at radius 3 is 2.75 bits per heavy atom. The number of ether oxygens (including phenoxy) is 2. The Hall–Kier alpha value is -3.05. The first-order valence-corrected chi connectivity index (χ1v) is 9.63. The lowest BCUT2D eigenvalue weighted by Gasteiger charge is -2.13. The second-order valence-electron chi connectivity index (χ2n) is 6.94. The predicted molar refractivity (Wildman–Crippen MR) is 112 cm³/mol. The molecule has 5 nitrogen and oxygen atoms in total. The van der Waals surface area contributed by atoms with Crippen molar-refractivity contribution in [1.29, 1.82) is 0 Å². The minimum absolute atomic E-state index is 0.0963. The van der Waals surface area contributed by atoms with Crippen LogP contribution in [-0.2, 0) is 9.53 Å². The average molecular weight is 376 g/mol. The van der Waals surface area contributed by atoms with E-state index in [1.165, 1.54) is 0 Å². The van der Waals surface area contributed by atoms with Crippen LogP contribution >= 0.6 is 0 Å². The monoisotopic (exact) mass is 376 g/mol. The van der Waals surface area contributed by atoms with Gasteiger partial charge in [-0.2, -0.15) is 0 Å². The van der Waals surface area contributed by atoms with E-state index in [0.29, 0.717) is 6.61 Å². The molecule has 1 saturated heterocycles. The Morgan fingerprint density at radius 1 is 1.00 bits per heavy atom. The van der Waals surface area contributed by atoms with Crippen molar-refractivity contribution in [3.8, 4) is 5.75 Å². The molecule has 0 aromatic heterocycles. The van der Waals surface area contributed by atoms with Crippen LogP contribution in [0.3, 0.4) is 0 Å². The van der Waals surface area contributed by atoms with E-state index in [2.05, 4.69) is 16.7 Å². The molecule has 0 radical (unpaired) electrons. The maximum atomic E-state index is 12.3. The molecule has 1 aliphatic rings. The van der Waals surface area contributed by atoms with Crippen LogP contribution in [0.5, 0.6) is 5.75 Å². The number of carbonyl (C=O) groups is 1. The lowest BCUT2D eigenvalue weighted by Crippen LogP contribution is -2.21. The van der Waals surface area contributed by atoms with E-state index in [9.17, 15) is 4.79 Å². The zero-order chi connectivity index (χ0) is 19.2. The molecule has 0 spiro atoms. The molecule has 144 valence electrons. The van der Waals surface area contributed by atoms with E-state index in [0.717, 1.165) is 47.3 Å². The third-order valence-corrected chi connectivity index (χ3v) is 4.78. The number of carbonyl (C=O) groups excluding carboxylic acids is 1. The highest BCUT2D eigenvalue weighted by atomic mass is 16.5. The summed E-state index contributed by atoms with van der Waals surface area (Å²) in [6, 6.07) is 21.6. The average Bonchev–Trinajstić information content (AvgIpc) is 3.25. The molecule has 0 saturated carbocycles. The first kappa shape index (κ1) is 18.3. The molecular formula is C23H24N2O3. The number of amides is 1. The van der Waals surface area contributed by atoms with Crippen LogP contribution < -0.4 is 15.4 Å². The number of benzene rings is 3. The van der Waals surface area contributed by atoms with Gasteiger partial charge in [-0.3, -0.25) is 4.79 Å². The molecule has 5 heteroatoms. The number of fused-ring (bicyclic) bond motifs is 1. The normalized spacial score (nSPS) is 16.1. The van der Waals surface area contributed by atoms with Crippen molar-refractivity contribution in [2.24, 2.45) is 0 Å². The Morgan fingerprint density at radius 2 is 1.89 bits per heavy atom. The van der Waals surface area contributed by atoms with Crippen molar-refractivity contribution in [3.63, 3.8) is 0 Å². The lowest BCUT2D eigenvalue weighted by molar-refractivity contribution is -0.114. The first-order chi connectivity index (χ1) is 13.8. The van der Waals surface area contributed by atoms with Gasteiger partial charge >= 0.3 is 0 Å². The van der Waals surface area contributed by atoms with Gasteiger partial charge in [-0.1, -0.05) is 36.4 Å². The summed E-state index contributed by atoms with van der Waals surface area (Å²) < 4.78 is 11.4. The Kier molecular flexibility index (Phi) is 5.73. The zero-order valence-electron chi connectivity index (χ0n) is 15.7. The smallest absolute Gasteiger partial charge is 0.243 e. The summed E-state index contributed by atoms with van der Waals surface area (Å²) in [4.78, 5) is 12.3. The number of rotatable bonds is 7. The fourth-order valence-corrected chi connectivity index (χ4v) is 3.32. The third kappa shape index (κ3) is 4.81. The molecule has 3 aromatic carbocycles. The van der Waals surface area contributed by atoms with Gasteiger partial charge in [0.2, 0.25) is 5.91 Å². The zero-order valence-corrected chi connectivity index (χ0v) is 15.7. The van der Waals surface area contributed by atoms with E-state index in [1.807, 2.05) is 60.7 Å². The molecule has 1 heterocycles. The quantitative estimate of drug-likeness (QED) is 0.640. The summed E-state index contributed by atoms with van der Waals surface area (Å²) in [6.45, 7) is 1.57. The van der Waals surface area contributed by atoms with Crippen molar-refractivity contribution >= 4 is 28.1 Å². The minimum atomic E-state index is -0.0963. The van der Waals surface area contributed by atoms with Gasteiger partial charge in [0.1, 0.15) is 12.4 Å². The second-order valence-corrected chi connectivity index (χ2v) is 6.94. The molecule has 1 fully saturated rings. The largest absolute Gasteiger partial charge is 0.491 e. The molecule has 0 aliphatic carbocycles. The van der Waals surface area contributed by atoms with Crippen LogP contribution in [0, 0.1) is 0 Å². The van der Waals surface area contributed by atoms with Crippen molar-refractivity contribution in [2.45, 2.75) is 18.9 Å². The minimum Gasteiger partial charge on any atom is -0.491 e. The first-order valence-electron chi connectivity index (χ1n) is 9.63. The topological polar surface area (TPSA) is 59.6 Å². The summed E-state index contributed by atoms with van der Waals surface area (Å²) in [5.41, 5.74) is 1.64. The maximum Gasteiger partial charge on any atom is 0.243 e. The van der Waals surface area contributed by atoms with Crippen molar-refractivity contribution in [1.82, 2.24) is 0 Å². The highest BCUT2D eigenvalue weighted by Crippen LogP contribution is 2.20. The van der Waals surface area contributed by atoms with Gasteiger partial charge in [0.05, 0.1) is 12.6 Å². The highest BCUT2D eigenvalue weighted by Gasteiger charge is 2.16. The Labute approximate surface area is 164 Å². The predicted octanol–water partition coefficient (Wildman–Crippen LogP) is 4.45. The van der Waals surface area contributed by atoms with Crippen LogP contribution in [0.2, 0.25) is 0 Å². The fraction of sp³-hybridized carbons (Fsp3) is 0.261. The number of nitrogens with one attached hydrogen (secondary N) is 2. The Balaban J connectivity index is 1.29. The molecule has 28 heavy (non-hydrogen) atoms. The summed E-state index contributed by atoms with van der Waals surface area (Å²) in [7, 11) is 0. The van der Waals surface area contributed by atoms with E-state index >= 15 is 0 Å². The maximum absolute atomic E-state index is 12.3.